The second kappa shape index (κ2) is 8.87. The van der Waals surface area contributed by atoms with Gasteiger partial charge in [-0.05, 0) is 42.5 Å². The van der Waals surface area contributed by atoms with Crippen molar-refractivity contribution in [2.75, 3.05) is 5.32 Å². The predicted octanol–water partition coefficient (Wildman–Crippen LogP) is 5.68. The molecule has 0 saturated carbocycles. The van der Waals surface area contributed by atoms with Gasteiger partial charge in [-0.3, -0.25) is 10.1 Å². The number of rotatable bonds is 6. The van der Waals surface area contributed by atoms with Crippen LogP contribution in [-0.4, -0.2) is 20.4 Å². The average molecular weight is 459 g/mol. The molecule has 0 fully saturated rings. The van der Waals surface area contributed by atoms with Crippen LogP contribution < -0.4 is 10.1 Å². The SMILES string of the molecule is Cn1ccnc1COc1ccc(C(=O)Nc2nc(-c3ccc(Cl)cc3Cl)cs2)cc1. The Bertz CT molecular complexity index is 1190. The summed E-state index contributed by atoms with van der Waals surface area (Å²) in [7, 11) is 1.91. The summed E-state index contributed by atoms with van der Waals surface area (Å²) in [5.41, 5.74) is 1.93. The van der Waals surface area contributed by atoms with E-state index in [1.807, 2.05) is 23.2 Å². The second-order valence-corrected chi connectivity index (χ2v) is 8.09. The number of aryl methyl sites for hydroxylation is 1. The van der Waals surface area contributed by atoms with Crippen molar-refractivity contribution < 1.29 is 9.53 Å². The molecule has 4 aromatic rings. The normalized spacial score (nSPS) is 10.8. The molecule has 1 amide bonds. The number of carbonyl (C=O) groups excluding carboxylic acids is 1. The smallest absolute Gasteiger partial charge is 0.257 e. The molecule has 0 aliphatic rings. The van der Waals surface area contributed by atoms with Gasteiger partial charge in [0.1, 0.15) is 18.2 Å². The van der Waals surface area contributed by atoms with Gasteiger partial charge >= 0.3 is 0 Å². The number of nitrogens with one attached hydrogen (secondary N) is 1. The summed E-state index contributed by atoms with van der Waals surface area (Å²) in [4.78, 5) is 21.2. The van der Waals surface area contributed by atoms with Gasteiger partial charge in [-0.1, -0.05) is 23.2 Å². The lowest BCUT2D eigenvalue weighted by Crippen LogP contribution is -2.11. The molecule has 0 atom stereocenters. The Kier molecular flexibility index (Phi) is 6.03. The third kappa shape index (κ3) is 4.64. The van der Waals surface area contributed by atoms with Crippen LogP contribution in [-0.2, 0) is 13.7 Å². The molecular weight excluding hydrogens is 443 g/mol. The Balaban J connectivity index is 1.39. The molecule has 30 heavy (non-hydrogen) atoms. The average Bonchev–Trinajstić information content (AvgIpc) is 3.35. The lowest BCUT2D eigenvalue weighted by Gasteiger charge is -2.07. The molecule has 4 rings (SSSR count). The molecule has 0 aliphatic carbocycles. The van der Waals surface area contributed by atoms with E-state index in [2.05, 4.69) is 15.3 Å². The zero-order chi connectivity index (χ0) is 21.1. The molecule has 0 aliphatic heterocycles. The van der Waals surface area contributed by atoms with Crippen LogP contribution in [0.5, 0.6) is 5.75 Å². The molecule has 9 heteroatoms. The number of amides is 1. The molecule has 1 N–H and O–H groups in total. The van der Waals surface area contributed by atoms with Crippen molar-refractivity contribution in [1.82, 2.24) is 14.5 Å². The van der Waals surface area contributed by atoms with Gasteiger partial charge in [0.05, 0.1) is 10.7 Å². The standard InChI is InChI=1S/C21H16Cl2N4O2S/c1-27-9-8-24-19(27)11-29-15-5-2-13(3-6-15)20(28)26-21-25-18(12-30-21)16-7-4-14(22)10-17(16)23/h2-10,12H,11H2,1H3,(H,25,26,28). The van der Waals surface area contributed by atoms with Gasteiger partial charge < -0.3 is 9.30 Å². The fourth-order valence-corrected chi connectivity index (χ4v) is 3.92. The molecule has 0 saturated heterocycles. The van der Waals surface area contributed by atoms with Gasteiger partial charge in [-0.2, -0.15) is 0 Å². The minimum atomic E-state index is -0.256. The molecule has 152 valence electrons. The summed E-state index contributed by atoms with van der Waals surface area (Å²) in [5, 5.41) is 6.18. The van der Waals surface area contributed by atoms with Crippen LogP contribution in [0.3, 0.4) is 0 Å². The van der Waals surface area contributed by atoms with Crippen molar-refractivity contribution in [3.05, 3.63) is 81.7 Å². The Morgan fingerprint density at radius 2 is 2.00 bits per heavy atom. The predicted molar refractivity (Wildman–Crippen MR) is 120 cm³/mol. The fourth-order valence-electron chi connectivity index (χ4n) is 2.71. The van der Waals surface area contributed by atoms with Gasteiger partial charge in [-0.25, -0.2) is 9.97 Å². The number of anilines is 1. The monoisotopic (exact) mass is 458 g/mol. The van der Waals surface area contributed by atoms with Crippen LogP contribution in [0.2, 0.25) is 10.0 Å². The number of thiazole rings is 1. The van der Waals surface area contributed by atoms with Crippen LogP contribution in [0, 0.1) is 0 Å². The van der Waals surface area contributed by atoms with Gasteiger partial charge in [0.2, 0.25) is 0 Å². The fraction of sp³-hybridized carbons (Fsp3) is 0.0952. The first kappa shape index (κ1) is 20.4. The molecule has 2 aromatic carbocycles. The topological polar surface area (TPSA) is 69.0 Å². The van der Waals surface area contributed by atoms with Crippen LogP contribution in [0.15, 0.2) is 60.2 Å². The molecular formula is C21H16Cl2N4O2S. The van der Waals surface area contributed by atoms with Crippen molar-refractivity contribution in [2.45, 2.75) is 6.61 Å². The molecule has 2 aromatic heterocycles. The van der Waals surface area contributed by atoms with E-state index in [1.54, 1.807) is 48.7 Å². The molecule has 0 bridgehead atoms. The number of ether oxygens (including phenoxy) is 1. The Morgan fingerprint density at radius 1 is 1.20 bits per heavy atom. The number of aromatic nitrogens is 3. The van der Waals surface area contributed by atoms with E-state index in [0.29, 0.717) is 38.8 Å². The van der Waals surface area contributed by atoms with Crippen LogP contribution in [0.4, 0.5) is 5.13 Å². The summed E-state index contributed by atoms with van der Waals surface area (Å²) in [6, 6.07) is 12.1. The lowest BCUT2D eigenvalue weighted by atomic mass is 10.2. The quantitative estimate of drug-likeness (QED) is 0.403. The molecule has 2 heterocycles. The minimum absolute atomic E-state index is 0.256. The Hall–Kier alpha value is -2.87. The zero-order valence-corrected chi connectivity index (χ0v) is 18.1. The van der Waals surface area contributed by atoms with Gasteiger partial charge in [-0.15, -0.1) is 11.3 Å². The highest BCUT2D eigenvalue weighted by Gasteiger charge is 2.12. The van der Waals surface area contributed by atoms with E-state index >= 15 is 0 Å². The highest BCUT2D eigenvalue weighted by Crippen LogP contribution is 2.32. The Morgan fingerprint density at radius 3 is 2.70 bits per heavy atom. The molecule has 0 radical (unpaired) electrons. The van der Waals surface area contributed by atoms with E-state index in [4.69, 9.17) is 27.9 Å². The first-order chi connectivity index (χ1) is 14.5. The first-order valence-electron chi connectivity index (χ1n) is 8.91. The number of halogens is 2. The van der Waals surface area contributed by atoms with Gasteiger partial charge in [0.25, 0.3) is 5.91 Å². The first-order valence-corrected chi connectivity index (χ1v) is 10.5. The van der Waals surface area contributed by atoms with E-state index in [-0.39, 0.29) is 5.91 Å². The highest BCUT2D eigenvalue weighted by molar-refractivity contribution is 7.14. The van der Waals surface area contributed by atoms with Gasteiger partial charge in [0, 0.05) is 41.0 Å². The van der Waals surface area contributed by atoms with Crippen molar-refractivity contribution in [3.63, 3.8) is 0 Å². The van der Waals surface area contributed by atoms with Crippen molar-refractivity contribution in [1.29, 1.82) is 0 Å². The number of benzene rings is 2. The molecule has 6 nitrogen and oxygen atoms in total. The van der Waals surface area contributed by atoms with Crippen molar-refractivity contribution >= 4 is 45.6 Å². The summed E-state index contributed by atoms with van der Waals surface area (Å²) >= 11 is 13.5. The summed E-state index contributed by atoms with van der Waals surface area (Å²) < 4.78 is 7.60. The molecule has 0 spiro atoms. The van der Waals surface area contributed by atoms with E-state index in [0.717, 1.165) is 11.4 Å². The van der Waals surface area contributed by atoms with Crippen molar-refractivity contribution in [2.24, 2.45) is 7.05 Å². The van der Waals surface area contributed by atoms with Gasteiger partial charge in [0.15, 0.2) is 5.13 Å². The summed E-state index contributed by atoms with van der Waals surface area (Å²) in [6.45, 7) is 0.351. The highest BCUT2D eigenvalue weighted by atomic mass is 35.5. The maximum atomic E-state index is 12.5. The number of carbonyl (C=O) groups is 1. The van der Waals surface area contributed by atoms with E-state index < -0.39 is 0 Å². The van der Waals surface area contributed by atoms with E-state index in [1.165, 1.54) is 11.3 Å². The maximum absolute atomic E-state index is 12.5. The third-order valence-electron chi connectivity index (χ3n) is 4.34. The largest absolute Gasteiger partial charge is 0.486 e. The molecule has 0 unspecified atom stereocenters. The van der Waals surface area contributed by atoms with Crippen LogP contribution >= 0.6 is 34.5 Å². The minimum Gasteiger partial charge on any atom is -0.486 e. The number of hydrogen-bond donors (Lipinski definition) is 1. The lowest BCUT2D eigenvalue weighted by molar-refractivity contribution is 0.102. The number of hydrogen-bond acceptors (Lipinski definition) is 5. The third-order valence-corrected chi connectivity index (χ3v) is 5.64. The summed E-state index contributed by atoms with van der Waals surface area (Å²) in [5.74, 6) is 1.22. The summed E-state index contributed by atoms with van der Waals surface area (Å²) in [6.07, 6.45) is 3.58. The van der Waals surface area contributed by atoms with Crippen molar-refractivity contribution in [3.8, 4) is 17.0 Å². The van der Waals surface area contributed by atoms with Crippen LogP contribution in [0.1, 0.15) is 16.2 Å². The maximum Gasteiger partial charge on any atom is 0.257 e. The Labute approximate surface area is 187 Å². The zero-order valence-electron chi connectivity index (χ0n) is 15.8. The number of nitrogens with zero attached hydrogens (tertiary/aromatic N) is 3. The second-order valence-electron chi connectivity index (χ2n) is 6.38. The van der Waals surface area contributed by atoms with Crippen LogP contribution in [0.25, 0.3) is 11.3 Å². The van der Waals surface area contributed by atoms with E-state index in [9.17, 15) is 4.79 Å². The number of imidazole rings is 1.